The van der Waals surface area contributed by atoms with E-state index in [4.69, 9.17) is 11.6 Å². The Morgan fingerprint density at radius 3 is 2.11 bits per heavy atom. The number of nitrogens with one attached hydrogen (secondary N) is 1. The molecule has 4 bridgehead atoms. The zero-order chi connectivity index (χ0) is 12.6. The number of hydrogen-bond donors (Lipinski definition) is 1. The van der Waals surface area contributed by atoms with E-state index in [1.54, 1.807) is 0 Å². The normalized spacial score (nSPS) is 41.1. The van der Waals surface area contributed by atoms with Gasteiger partial charge in [-0.1, -0.05) is 0 Å². The second-order valence-electron chi connectivity index (χ2n) is 6.85. The van der Waals surface area contributed by atoms with Crippen molar-refractivity contribution in [3.63, 3.8) is 0 Å². The highest BCUT2D eigenvalue weighted by molar-refractivity contribution is 6.17. The molecule has 102 valence electrons. The standard InChI is InChI=1S/C15H24ClNO/c16-3-1-2-4-17-14(18)15-8-11-5-12(9-15)7-13(6-11)10-15/h11-13H,1-10H2,(H,17,18). The van der Waals surface area contributed by atoms with E-state index in [1.165, 1.54) is 38.5 Å². The largest absolute Gasteiger partial charge is 0.356 e. The van der Waals surface area contributed by atoms with Crippen molar-refractivity contribution in [1.29, 1.82) is 0 Å². The lowest BCUT2D eigenvalue weighted by molar-refractivity contribution is -0.146. The molecular formula is C15H24ClNO. The third-order valence-corrected chi connectivity index (χ3v) is 5.63. The molecule has 18 heavy (non-hydrogen) atoms. The molecule has 3 heteroatoms. The summed E-state index contributed by atoms with van der Waals surface area (Å²) in [6, 6.07) is 0. The van der Waals surface area contributed by atoms with Crippen LogP contribution in [-0.2, 0) is 4.79 Å². The predicted molar refractivity (Wildman–Crippen MR) is 73.6 cm³/mol. The molecule has 0 unspecified atom stereocenters. The zero-order valence-corrected chi connectivity index (χ0v) is 11.8. The van der Waals surface area contributed by atoms with Gasteiger partial charge in [-0.3, -0.25) is 4.79 Å². The van der Waals surface area contributed by atoms with Crippen LogP contribution in [0.5, 0.6) is 0 Å². The van der Waals surface area contributed by atoms with Gasteiger partial charge in [0.25, 0.3) is 0 Å². The molecule has 0 spiro atoms. The highest BCUT2D eigenvalue weighted by Crippen LogP contribution is 2.60. The van der Waals surface area contributed by atoms with Gasteiger partial charge in [0.15, 0.2) is 0 Å². The van der Waals surface area contributed by atoms with E-state index >= 15 is 0 Å². The molecule has 4 aliphatic rings. The number of hydrogen-bond acceptors (Lipinski definition) is 1. The summed E-state index contributed by atoms with van der Waals surface area (Å²) < 4.78 is 0. The maximum absolute atomic E-state index is 12.5. The van der Waals surface area contributed by atoms with E-state index in [0.29, 0.717) is 11.8 Å². The average molecular weight is 270 g/mol. The predicted octanol–water partition coefficient (Wildman–Crippen LogP) is 3.34. The van der Waals surface area contributed by atoms with E-state index in [9.17, 15) is 4.79 Å². The summed E-state index contributed by atoms with van der Waals surface area (Å²) in [6.07, 6.45) is 9.72. The maximum atomic E-state index is 12.5. The van der Waals surface area contributed by atoms with E-state index in [-0.39, 0.29) is 5.41 Å². The molecule has 0 heterocycles. The molecule has 0 aromatic heterocycles. The van der Waals surface area contributed by atoms with Crippen LogP contribution in [0.25, 0.3) is 0 Å². The Morgan fingerprint density at radius 2 is 1.61 bits per heavy atom. The van der Waals surface area contributed by atoms with E-state index in [1.807, 2.05) is 0 Å². The van der Waals surface area contributed by atoms with E-state index < -0.39 is 0 Å². The van der Waals surface area contributed by atoms with Crippen molar-refractivity contribution in [3.05, 3.63) is 0 Å². The van der Waals surface area contributed by atoms with Crippen molar-refractivity contribution < 1.29 is 4.79 Å². The van der Waals surface area contributed by atoms with Gasteiger partial charge < -0.3 is 5.32 Å². The van der Waals surface area contributed by atoms with Crippen LogP contribution in [0.2, 0.25) is 0 Å². The van der Waals surface area contributed by atoms with Gasteiger partial charge in [-0.05, 0) is 69.1 Å². The Labute approximate surface area is 115 Å². The van der Waals surface area contributed by atoms with Gasteiger partial charge in [0, 0.05) is 17.8 Å². The van der Waals surface area contributed by atoms with Crippen molar-refractivity contribution in [3.8, 4) is 0 Å². The number of unbranched alkanes of at least 4 members (excludes halogenated alkanes) is 1. The number of alkyl halides is 1. The fourth-order valence-electron chi connectivity index (χ4n) is 5.00. The highest BCUT2D eigenvalue weighted by atomic mass is 35.5. The Kier molecular flexibility index (Phi) is 3.57. The molecule has 0 radical (unpaired) electrons. The third kappa shape index (κ3) is 2.29. The van der Waals surface area contributed by atoms with Crippen LogP contribution in [0.4, 0.5) is 0 Å². The average Bonchev–Trinajstić information content (AvgIpc) is 2.32. The second kappa shape index (κ2) is 5.03. The second-order valence-corrected chi connectivity index (χ2v) is 7.23. The summed E-state index contributed by atoms with van der Waals surface area (Å²) in [5.41, 5.74) is 0.0235. The van der Waals surface area contributed by atoms with Crippen molar-refractivity contribution in [1.82, 2.24) is 5.32 Å². The Hall–Kier alpha value is -0.240. The summed E-state index contributed by atoms with van der Waals surface area (Å²) >= 11 is 5.66. The summed E-state index contributed by atoms with van der Waals surface area (Å²) in [5, 5.41) is 3.18. The van der Waals surface area contributed by atoms with Crippen molar-refractivity contribution in [2.75, 3.05) is 12.4 Å². The van der Waals surface area contributed by atoms with Gasteiger partial charge in [0.1, 0.15) is 0 Å². The van der Waals surface area contributed by atoms with Crippen LogP contribution in [0.15, 0.2) is 0 Å². The molecule has 1 N–H and O–H groups in total. The molecule has 0 aromatic rings. The highest BCUT2D eigenvalue weighted by Gasteiger charge is 2.54. The number of carbonyl (C=O) groups excluding carboxylic acids is 1. The Morgan fingerprint density at radius 1 is 1.06 bits per heavy atom. The van der Waals surface area contributed by atoms with Gasteiger partial charge in [-0.25, -0.2) is 0 Å². The molecule has 0 aliphatic heterocycles. The molecular weight excluding hydrogens is 246 g/mol. The van der Waals surface area contributed by atoms with Gasteiger partial charge in [0.2, 0.25) is 5.91 Å². The van der Waals surface area contributed by atoms with E-state index in [2.05, 4.69) is 5.32 Å². The lowest BCUT2D eigenvalue weighted by atomic mass is 9.49. The molecule has 0 aromatic carbocycles. The SMILES string of the molecule is O=C(NCCCCCl)C12CC3CC(CC(C3)C1)C2. The van der Waals surface area contributed by atoms with Crippen LogP contribution in [0.1, 0.15) is 51.4 Å². The third-order valence-electron chi connectivity index (χ3n) is 5.37. The van der Waals surface area contributed by atoms with Gasteiger partial charge in [-0.15, -0.1) is 11.6 Å². The minimum atomic E-state index is 0.0235. The number of halogens is 1. The van der Waals surface area contributed by atoms with Crippen molar-refractivity contribution in [2.45, 2.75) is 51.4 Å². The first kappa shape index (κ1) is 12.8. The summed E-state index contributed by atoms with van der Waals surface area (Å²) in [5.74, 6) is 3.61. The molecule has 0 atom stereocenters. The lowest BCUT2D eigenvalue weighted by Gasteiger charge is -2.55. The van der Waals surface area contributed by atoms with Gasteiger partial charge >= 0.3 is 0 Å². The Balaban J connectivity index is 1.59. The number of carbonyl (C=O) groups is 1. The molecule has 4 aliphatic carbocycles. The minimum Gasteiger partial charge on any atom is -0.356 e. The summed E-state index contributed by atoms with van der Waals surface area (Å²) in [7, 11) is 0. The first-order valence-corrected chi connectivity index (χ1v) is 8.09. The van der Waals surface area contributed by atoms with Gasteiger partial charge in [0.05, 0.1) is 0 Å². The van der Waals surface area contributed by atoms with Crippen LogP contribution < -0.4 is 5.32 Å². The molecule has 4 fully saturated rings. The quantitative estimate of drug-likeness (QED) is 0.602. The van der Waals surface area contributed by atoms with Crippen molar-refractivity contribution >= 4 is 17.5 Å². The first-order valence-electron chi connectivity index (χ1n) is 7.56. The van der Waals surface area contributed by atoms with Crippen LogP contribution in [0.3, 0.4) is 0 Å². The molecule has 4 saturated carbocycles. The number of amides is 1. The van der Waals surface area contributed by atoms with Crippen LogP contribution in [0, 0.1) is 23.2 Å². The molecule has 1 amide bonds. The molecule has 0 saturated heterocycles. The van der Waals surface area contributed by atoms with Crippen LogP contribution in [-0.4, -0.2) is 18.3 Å². The maximum Gasteiger partial charge on any atom is 0.226 e. The van der Waals surface area contributed by atoms with Crippen molar-refractivity contribution in [2.24, 2.45) is 23.2 Å². The Bertz CT molecular complexity index is 293. The molecule has 2 nitrogen and oxygen atoms in total. The monoisotopic (exact) mass is 269 g/mol. The zero-order valence-electron chi connectivity index (χ0n) is 11.1. The first-order chi connectivity index (χ1) is 8.72. The number of rotatable bonds is 5. The fourth-order valence-corrected chi connectivity index (χ4v) is 5.19. The van der Waals surface area contributed by atoms with Crippen LogP contribution >= 0.6 is 11.6 Å². The lowest BCUT2D eigenvalue weighted by Crippen LogP contribution is -2.53. The van der Waals surface area contributed by atoms with Gasteiger partial charge in [-0.2, -0.15) is 0 Å². The topological polar surface area (TPSA) is 29.1 Å². The van der Waals surface area contributed by atoms with E-state index in [0.717, 1.165) is 37.1 Å². The smallest absolute Gasteiger partial charge is 0.226 e. The minimum absolute atomic E-state index is 0.0235. The summed E-state index contributed by atoms with van der Waals surface area (Å²) in [4.78, 5) is 12.5. The molecule has 4 rings (SSSR count). The fraction of sp³-hybridized carbons (Fsp3) is 0.933. The summed E-state index contributed by atoms with van der Waals surface area (Å²) in [6.45, 7) is 0.813.